The second kappa shape index (κ2) is 7.24. The Hall–Kier alpha value is -2.53. The minimum atomic E-state index is -1.30. The molecule has 1 aromatic rings. The summed E-state index contributed by atoms with van der Waals surface area (Å²) in [5.41, 5.74) is 3.78. The SMILES string of the molecule is CC1(NC(=O)Cc2cccs2)C(=O)N2C(C(=O)O)=C(COC(N)=O)CS[C@@H]21. The van der Waals surface area contributed by atoms with E-state index in [1.54, 1.807) is 6.92 Å². The number of nitrogens with zero attached hydrogens (tertiary/aromatic N) is 1. The maximum atomic E-state index is 12.7. The topological polar surface area (TPSA) is 139 Å². The first kappa shape index (κ1) is 19.2. The highest BCUT2D eigenvalue weighted by atomic mass is 32.2. The number of nitrogens with two attached hydrogens (primary N) is 1. The van der Waals surface area contributed by atoms with Crippen molar-refractivity contribution in [2.45, 2.75) is 24.3 Å². The van der Waals surface area contributed by atoms with E-state index < -0.39 is 28.9 Å². The molecule has 3 amide bonds. The average molecular weight is 411 g/mol. The fourth-order valence-corrected chi connectivity index (χ4v) is 5.20. The first-order chi connectivity index (χ1) is 12.7. The molecule has 1 unspecified atom stereocenters. The molecular weight excluding hydrogens is 394 g/mol. The lowest BCUT2D eigenvalue weighted by Crippen LogP contribution is -2.78. The molecule has 2 aliphatic rings. The maximum absolute atomic E-state index is 12.7. The highest BCUT2D eigenvalue weighted by molar-refractivity contribution is 8.00. The zero-order valence-corrected chi connectivity index (χ0v) is 15.9. The number of carboxylic acids is 1. The Morgan fingerprint density at radius 2 is 2.22 bits per heavy atom. The van der Waals surface area contributed by atoms with Gasteiger partial charge < -0.3 is 20.9 Å². The van der Waals surface area contributed by atoms with Crippen LogP contribution in [-0.2, 0) is 25.5 Å². The zero-order chi connectivity index (χ0) is 19.8. The Morgan fingerprint density at radius 3 is 2.81 bits per heavy atom. The smallest absolute Gasteiger partial charge is 0.404 e. The van der Waals surface area contributed by atoms with Gasteiger partial charge in [-0.25, -0.2) is 9.59 Å². The van der Waals surface area contributed by atoms with Gasteiger partial charge in [0.15, 0.2) is 0 Å². The first-order valence-electron chi connectivity index (χ1n) is 7.90. The van der Waals surface area contributed by atoms with Crippen LogP contribution in [0.5, 0.6) is 0 Å². The third kappa shape index (κ3) is 3.52. The fraction of sp³-hybridized carbons (Fsp3) is 0.375. The minimum absolute atomic E-state index is 0.150. The van der Waals surface area contributed by atoms with Crippen LogP contribution in [0.15, 0.2) is 28.8 Å². The molecule has 0 saturated carbocycles. The number of aliphatic carboxylic acids is 1. The van der Waals surface area contributed by atoms with E-state index in [2.05, 4.69) is 10.1 Å². The lowest BCUT2D eigenvalue weighted by atomic mass is 9.88. The lowest BCUT2D eigenvalue weighted by Gasteiger charge is -2.55. The first-order valence-corrected chi connectivity index (χ1v) is 9.83. The number of fused-ring (bicyclic) bond motifs is 1. The zero-order valence-electron chi connectivity index (χ0n) is 14.3. The molecule has 2 atom stereocenters. The van der Waals surface area contributed by atoms with E-state index in [9.17, 15) is 24.3 Å². The summed E-state index contributed by atoms with van der Waals surface area (Å²) >= 11 is 2.73. The van der Waals surface area contributed by atoms with Crippen molar-refractivity contribution in [1.29, 1.82) is 0 Å². The number of carbonyl (C=O) groups is 4. The summed E-state index contributed by atoms with van der Waals surface area (Å²) in [4.78, 5) is 49.5. The number of ether oxygens (including phenoxy) is 1. The summed E-state index contributed by atoms with van der Waals surface area (Å²) < 4.78 is 4.68. The number of primary amides is 1. The van der Waals surface area contributed by atoms with Gasteiger partial charge in [0.05, 0.1) is 6.42 Å². The molecule has 4 N–H and O–H groups in total. The van der Waals surface area contributed by atoms with Crippen LogP contribution in [0.25, 0.3) is 0 Å². The van der Waals surface area contributed by atoms with Gasteiger partial charge in [-0.3, -0.25) is 14.5 Å². The Kier molecular flexibility index (Phi) is 5.16. The van der Waals surface area contributed by atoms with Gasteiger partial charge in [-0.1, -0.05) is 6.07 Å². The number of nitrogens with one attached hydrogen (secondary N) is 1. The van der Waals surface area contributed by atoms with Gasteiger partial charge in [-0.2, -0.15) is 0 Å². The van der Waals surface area contributed by atoms with Crippen LogP contribution < -0.4 is 11.1 Å². The van der Waals surface area contributed by atoms with Crippen molar-refractivity contribution in [2.24, 2.45) is 5.73 Å². The molecule has 27 heavy (non-hydrogen) atoms. The third-order valence-electron chi connectivity index (χ3n) is 4.29. The standard InChI is InChI=1S/C16H17N3O6S2/c1-16(18-10(20)5-9-3-2-4-26-9)13(23)19-11(12(21)22)8(6-25-15(17)24)7-27-14(16)19/h2-4,14H,5-7H2,1H3,(H2,17,24)(H,18,20)(H,21,22)/t14-,16?/m1/s1. The molecule has 3 heterocycles. The lowest BCUT2D eigenvalue weighted by molar-refractivity contribution is -0.157. The summed E-state index contributed by atoms with van der Waals surface area (Å²) in [5.74, 6) is -1.89. The number of hydrogen-bond acceptors (Lipinski definition) is 7. The summed E-state index contributed by atoms with van der Waals surface area (Å²) in [7, 11) is 0. The summed E-state index contributed by atoms with van der Waals surface area (Å²) in [6.07, 6.45) is -0.878. The summed E-state index contributed by atoms with van der Waals surface area (Å²) in [5, 5.41) is 13.6. The van der Waals surface area contributed by atoms with Gasteiger partial charge in [-0.15, -0.1) is 23.1 Å². The van der Waals surface area contributed by atoms with Crippen LogP contribution in [0.1, 0.15) is 11.8 Å². The highest BCUT2D eigenvalue weighted by Gasteiger charge is 2.62. The average Bonchev–Trinajstić information content (AvgIpc) is 3.11. The number of carboxylic acid groups (broad SMARTS) is 1. The van der Waals surface area contributed by atoms with Gasteiger partial charge in [0.1, 0.15) is 23.2 Å². The number of hydrogen-bond donors (Lipinski definition) is 3. The van der Waals surface area contributed by atoms with Crippen molar-refractivity contribution in [3.63, 3.8) is 0 Å². The van der Waals surface area contributed by atoms with Gasteiger partial charge >= 0.3 is 12.1 Å². The molecule has 1 fully saturated rings. The largest absolute Gasteiger partial charge is 0.477 e. The number of amides is 3. The molecule has 0 aromatic carbocycles. The monoisotopic (exact) mass is 411 g/mol. The molecule has 0 aliphatic carbocycles. The summed E-state index contributed by atoms with van der Waals surface area (Å²) in [6, 6.07) is 3.66. The molecule has 11 heteroatoms. The third-order valence-corrected chi connectivity index (χ3v) is 6.68. The van der Waals surface area contributed by atoms with Crippen LogP contribution in [0.4, 0.5) is 4.79 Å². The molecule has 2 aliphatic heterocycles. The van der Waals surface area contributed by atoms with Crippen LogP contribution in [0.2, 0.25) is 0 Å². The fourth-order valence-electron chi connectivity index (χ4n) is 3.08. The van der Waals surface area contributed by atoms with Gasteiger partial charge in [0.25, 0.3) is 5.91 Å². The van der Waals surface area contributed by atoms with Gasteiger partial charge in [-0.05, 0) is 18.4 Å². The second-order valence-electron chi connectivity index (χ2n) is 6.21. The number of β-lactam (4-membered cyclic amide) rings is 1. The van der Waals surface area contributed by atoms with E-state index >= 15 is 0 Å². The second-order valence-corrected chi connectivity index (χ2v) is 8.31. The Morgan fingerprint density at radius 1 is 1.48 bits per heavy atom. The van der Waals surface area contributed by atoms with Crippen molar-refractivity contribution < 1.29 is 29.0 Å². The van der Waals surface area contributed by atoms with Crippen LogP contribution in [-0.4, -0.2) is 57.2 Å². The van der Waals surface area contributed by atoms with E-state index in [-0.39, 0.29) is 36.0 Å². The number of thioether (sulfide) groups is 1. The van der Waals surface area contributed by atoms with E-state index in [0.29, 0.717) is 0 Å². The number of rotatable bonds is 6. The molecule has 1 saturated heterocycles. The Balaban J connectivity index is 1.76. The van der Waals surface area contributed by atoms with Crippen molar-refractivity contribution in [3.8, 4) is 0 Å². The van der Waals surface area contributed by atoms with E-state index in [1.165, 1.54) is 23.1 Å². The van der Waals surface area contributed by atoms with Gasteiger partial charge in [0, 0.05) is 16.2 Å². The molecule has 144 valence electrons. The van der Waals surface area contributed by atoms with Crippen LogP contribution >= 0.6 is 23.1 Å². The predicted octanol–water partition coefficient (Wildman–Crippen LogP) is 0.515. The molecule has 0 radical (unpaired) electrons. The molecule has 0 spiro atoms. The number of carbonyl (C=O) groups excluding carboxylic acids is 3. The maximum Gasteiger partial charge on any atom is 0.404 e. The predicted molar refractivity (Wildman–Crippen MR) is 97.9 cm³/mol. The Labute approximate surface area is 162 Å². The minimum Gasteiger partial charge on any atom is -0.477 e. The van der Waals surface area contributed by atoms with E-state index in [4.69, 9.17) is 5.73 Å². The molecule has 1 aromatic heterocycles. The number of thiophene rings is 1. The summed E-state index contributed by atoms with van der Waals surface area (Å²) in [6.45, 7) is 1.28. The van der Waals surface area contributed by atoms with Crippen LogP contribution in [0, 0.1) is 0 Å². The van der Waals surface area contributed by atoms with Gasteiger partial charge in [0.2, 0.25) is 5.91 Å². The van der Waals surface area contributed by atoms with Crippen LogP contribution in [0.3, 0.4) is 0 Å². The molecule has 3 rings (SSSR count). The quantitative estimate of drug-likeness (QED) is 0.580. The highest BCUT2D eigenvalue weighted by Crippen LogP contribution is 2.46. The van der Waals surface area contributed by atoms with Crippen molar-refractivity contribution in [1.82, 2.24) is 10.2 Å². The molecule has 9 nitrogen and oxygen atoms in total. The Bertz CT molecular complexity index is 837. The molecule has 0 bridgehead atoms. The van der Waals surface area contributed by atoms with E-state index in [1.807, 2.05) is 17.5 Å². The van der Waals surface area contributed by atoms with Crippen molar-refractivity contribution in [2.75, 3.05) is 12.4 Å². The van der Waals surface area contributed by atoms with Crippen molar-refractivity contribution >= 4 is 47.0 Å². The molecular formula is C16H17N3O6S2. The van der Waals surface area contributed by atoms with Crippen molar-refractivity contribution in [3.05, 3.63) is 33.7 Å². The van der Waals surface area contributed by atoms with E-state index in [0.717, 1.165) is 9.78 Å². The normalized spacial score (nSPS) is 24.1.